The molecule has 0 aromatic carbocycles. The number of nitrogens with two attached hydrogens (primary N) is 1. The fraction of sp³-hybridized carbons (Fsp3) is 0.929. The van der Waals surface area contributed by atoms with Gasteiger partial charge in [-0.05, 0) is 62.8 Å². The van der Waals surface area contributed by atoms with Crippen LogP contribution in [-0.4, -0.2) is 18.5 Å². The number of rotatable bonds is 3. The molecule has 0 aromatic heterocycles. The molecule has 3 aliphatic rings. The van der Waals surface area contributed by atoms with E-state index in [-0.39, 0.29) is 11.8 Å². The van der Waals surface area contributed by atoms with Crippen LogP contribution in [0.4, 0.5) is 0 Å². The topological polar surface area (TPSA) is 55.1 Å². The zero-order valence-corrected chi connectivity index (χ0v) is 10.5. The number of amides is 1. The van der Waals surface area contributed by atoms with Crippen molar-refractivity contribution in [2.24, 2.45) is 29.4 Å². The number of carbonyl (C=O) groups is 1. The van der Waals surface area contributed by atoms with Gasteiger partial charge in [-0.25, -0.2) is 0 Å². The van der Waals surface area contributed by atoms with Crippen LogP contribution in [0.5, 0.6) is 0 Å². The van der Waals surface area contributed by atoms with Gasteiger partial charge < -0.3 is 11.1 Å². The largest absolute Gasteiger partial charge is 0.369 e. The average molecular weight is 236 g/mol. The van der Waals surface area contributed by atoms with E-state index in [2.05, 4.69) is 5.32 Å². The summed E-state index contributed by atoms with van der Waals surface area (Å²) in [6.07, 6.45) is 9.04. The molecule has 3 fully saturated rings. The van der Waals surface area contributed by atoms with Gasteiger partial charge in [0.15, 0.2) is 0 Å². The van der Waals surface area contributed by atoms with E-state index < -0.39 is 0 Å². The Morgan fingerprint density at radius 1 is 1.24 bits per heavy atom. The van der Waals surface area contributed by atoms with Gasteiger partial charge >= 0.3 is 0 Å². The van der Waals surface area contributed by atoms with Crippen LogP contribution in [0.3, 0.4) is 0 Å². The van der Waals surface area contributed by atoms with E-state index in [1.165, 1.54) is 32.1 Å². The summed E-state index contributed by atoms with van der Waals surface area (Å²) in [6.45, 7) is 1.06. The van der Waals surface area contributed by atoms with Gasteiger partial charge in [-0.15, -0.1) is 0 Å². The monoisotopic (exact) mass is 236 g/mol. The summed E-state index contributed by atoms with van der Waals surface area (Å²) in [7, 11) is 0. The first-order chi connectivity index (χ1) is 8.24. The van der Waals surface area contributed by atoms with Crippen LogP contribution in [0.25, 0.3) is 0 Å². The van der Waals surface area contributed by atoms with Crippen molar-refractivity contribution in [1.29, 1.82) is 0 Å². The number of carbonyl (C=O) groups excluding carboxylic acids is 1. The molecule has 96 valence electrons. The van der Waals surface area contributed by atoms with Crippen molar-refractivity contribution in [2.45, 2.75) is 51.0 Å². The maximum Gasteiger partial charge on any atom is 0.222 e. The fourth-order valence-corrected chi connectivity index (χ4v) is 4.53. The lowest BCUT2D eigenvalue weighted by Crippen LogP contribution is -2.48. The first kappa shape index (κ1) is 11.5. The second kappa shape index (κ2) is 4.60. The molecule has 0 radical (unpaired) electrons. The molecule has 2 aliphatic carbocycles. The fourth-order valence-electron chi connectivity index (χ4n) is 4.53. The van der Waals surface area contributed by atoms with Crippen molar-refractivity contribution >= 4 is 5.91 Å². The number of primary amides is 1. The molecule has 2 saturated carbocycles. The van der Waals surface area contributed by atoms with Crippen LogP contribution in [-0.2, 0) is 4.79 Å². The van der Waals surface area contributed by atoms with Gasteiger partial charge in [0.05, 0.1) is 5.92 Å². The Labute approximate surface area is 104 Å². The van der Waals surface area contributed by atoms with Crippen molar-refractivity contribution < 1.29 is 4.79 Å². The first-order valence-corrected chi connectivity index (χ1v) is 7.26. The van der Waals surface area contributed by atoms with Gasteiger partial charge in [-0.2, -0.15) is 0 Å². The van der Waals surface area contributed by atoms with Gasteiger partial charge in [0.1, 0.15) is 0 Å². The van der Waals surface area contributed by atoms with Crippen molar-refractivity contribution in [3.05, 3.63) is 0 Å². The summed E-state index contributed by atoms with van der Waals surface area (Å²) in [5.41, 5.74) is 5.53. The summed E-state index contributed by atoms with van der Waals surface area (Å²) in [5, 5.41) is 3.54. The Morgan fingerprint density at radius 2 is 2.12 bits per heavy atom. The molecule has 1 aliphatic heterocycles. The number of fused-ring (bicyclic) bond motifs is 2. The number of piperidine rings is 1. The quantitative estimate of drug-likeness (QED) is 0.783. The standard InChI is InChI=1S/C14H24N2O/c15-14(17)12-2-1-5-16-13(12)8-11-7-9-3-4-10(11)6-9/h9-13,16H,1-8H2,(H2,15,17). The van der Waals surface area contributed by atoms with Gasteiger partial charge in [0, 0.05) is 6.04 Å². The van der Waals surface area contributed by atoms with Gasteiger partial charge in [-0.1, -0.05) is 6.42 Å². The Morgan fingerprint density at radius 3 is 2.76 bits per heavy atom. The van der Waals surface area contributed by atoms with Gasteiger partial charge in [0.25, 0.3) is 0 Å². The molecule has 17 heavy (non-hydrogen) atoms. The SMILES string of the molecule is NC(=O)C1CCCNC1CC1CC2CCC1C2. The van der Waals surface area contributed by atoms with Crippen LogP contribution < -0.4 is 11.1 Å². The predicted molar refractivity (Wildman–Crippen MR) is 67.3 cm³/mol. The summed E-state index contributed by atoms with van der Waals surface area (Å²) in [4.78, 5) is 11.5. The molecule has 0 spiro atoms. The molecule has 3 nitrogen and oxygen atoms in total. The maximum atomic E-state index is 11.5. The molecule has 3 heteroatoms. The van der Waals surface area contributed by atoms with Crippen LogP contribution >= 0.6 is 0 Å². The van der Waals surface area contributed by atoms with Crippen molar-refractivity contribution in [3.8, 4) is 0 Å². The Balaban J connectivity index is 1.61. The summed E-state index contributed by atoms with van der Waals surface area (Å²) < 4.78 is 0. The van der Waals surface area contributed by atoms with Gasteiger partial charge in [0.2, 0.25) is 5.91 Å². The third kappa shape index (κ3) is 2.22. The van der Waals surface area contributed by atoms with E-state index in [9.17, 15) is 4.79 Å². The van der Waals surface area contributed by atoms with Crippen molar-refractivity contribution in [1.82, 2.24) is 5.32 Å². The van der Waals surface area contributed by atoms with E-state index in [4.69, 9.17) is 5.73 Å². The van der Waals surface area contributed by atoms with E-state index in [0.717, 1.165) is 37.1 Å². The smallest absolute Gasteiger partial charge is 0.222 e. The molecule has 2 bridgehead atoms. The minimum Gasteiger partial charge on any atom is -0.369 e. The highest BCUT2D eigenvalue weighted by Gasteiger charge is 2.41. The molecule has 5 unspecified atom stereocenters. The number of nitrogens with one attached hydrogen (secondary N) is 1. The molecule has 5 atom stereocenters. The zero-order chi connectivity index (χ0) is 11.8. The maximum absolute atomic E-state index is 11.5. The second-order valence-electron chi connectivity index (χ2n) is 6.38. The van der Waals surface area contributed by atoms with Crippen LogP contribution in [0.2, 0.25) is 0 Å². The van der Waals surface area contributed by atoms with Crippen LogP contribution in [0.1, 0.15) is 44.9 Å². The van der Waals surface area contributed by atoms with Crippen molar-refractivity contribution in [3.63, 3.8) is 0 Å². The highest BCUT2D eigenvalue weighted by molar-refractivity contribution is 5.77. The predicted octanol–water partition coefficient (Wildman–Crippen LogP) is 1.67. The van der Waals surface area contributed by atoms with E-state index >= 15 is 0 Å². The first-order valence-electron chi connectivity index (χ1n) is 7.26. The summed E-state index contributed by atoms with van der Waals surface area (Å²) >= 11 is 0. The summed E-state index contributed by atoms with van der Waals surface area (Å²) in [6, 6.07) is 0.366. The second-order valence-corrected chi connectivity index (χ2v) is 6.38. The van der Waals surface area contributed by atoms with E-state index in [1.54, 1.807) is 0 Å². The lowest BCUT2D eigenvalue weighted by atomic mass is 9.79. The average Bonchev–Trinajstić information content (AvgIpc) is 2.91. The molecule has 0 aromatic rings. The number of hydrogen-bond acceptors (Lipinski definition) is 2. The molecular formula is C14H24N2O. The Hall–Kier alpha value is -0.570. The van der Waals surface area contributed by atoms with E-state index in [0.29, 0.717) is 6.04 Å². The molecule has 3 N–H and O–H groups in total. The molecular weight excluding hydrogens is 212 g/mol. The minimum absolute atomic E-state index is 0.0860. The molecule has 3 rings (SSSR count). The third-order valence-electron chi connectivity index (χ3n) is 5.39. The van der Waals surface area contributed by atoms with Gasteiger partial charge in [-0.3, -0.25) is 4.79 Å². The lowest BCUT2D eigenvalue weighted by molar-refractivity contribution is -0.123. The highest BCUT2D eigenvalue weighted by Crippen LogP contribution is 2.50. The van der Waals surface area contributed by atoms with Crippen molar-refractivity contribution in [2.75, 3.05) is 6.54 Å². The molecule has 1 amide bonds. The lowest BCUT2D eigenvalue weighted by Gasteiger charge is -2.34. The van der Waals surface area contributed by atoms with Crippen LogP contribution in [0, 0.1) is 23.7 Å². The molecule has 1 saturated heterocycles. The highest BCUT2D eigenvalue weighted by atomic mass is 16.1. The Kier molecular flexibility index (Phi) is 3.12. The number of hydrogen-bond donors (Lipinski definition) is 2. The van der Waals surface area contributed by atoms with E-state index in [1.807, 2.05) is 0 Å². The summed E-state index contributed by atoms with van der Waals surface area (Å²) in [5.74, 6) is 2.82. The minimum atomic E-state index is -0.0923. The third-order valence-corrected chi connectivity index (χ3v) is 5.39. The normalized spacial score (nSPS) is 45.1. The Bertz CT molecular complexity index is 305. The zero-order valence-electron chi connectivity index (χ0n) is 10.5. The van der Waals surface area contributed by atoms with Crippen LogP contribution in [0.15, 0.2) is 0 Å². The molecule has 1 heterocycles.